The molecule has 1 aliphatic heterocycles. The summed E-state index contributed by atoms with van der Waals surface area (Å²) in [7, 11) is 1.57. The number of thiazole rings is 1. The zero-order valence-corrected chi connectivity index (χ0v) is 17.6. The van der Waals surface area contributed by atoms with Crippen molar-refractivity contribution < 1.29 is 13.9 Å². The number of carbonyl (C=O) groups is 1. The quantitative estimate of drug-likeness (QED) is 0.451. The number of rotatable bonds is 3. The molecule has 0 spiro atoms. The van der Waals surface area contributed by atoms with Crippen LogP contribution in [0.5, 0.6) is 5.75 Å². The van der Waals surface area contributed by atoms with E-state index < -0.39 is 11.9 Å². The minimum atomic E-state index is -0.687. The molecule has 0 saturated carbocycles. The van der Waals surface area contributed by atoms with Crippen LogP contribution in [0, 0.1) is 6.92 Å². The molecule has 2 aromatic heterocycles. The predicted octanol–water partition coefficient (Wildman–Crippen LogP) is 4.97. The van der Waals surface area contributed by atoms with Crippen LogP contribution in [0.25, 0.3) is 11.0 Å². The van der Waals surface area contributed by atoms with Gasteiger partial charge in [-0.15, -0.1) is 11.3 Å². The lowest BCUT2D eigenvalue weighted by atomic mass is 9.98. The third-order valence-electron chi connectivity index (χ3n) is 5.05. The highest BCUT2D eigenvalue weighted by Gasteiger charge is 2.45. The Balaban J connectivity index is 1.83. The fourth-order valence-corrected chi connectivity index (χ4v) is 4.72. The van der Waals surface area contributed by atoms with Crippen LogP contribution in [0.4, 0.5) is 5.13 Å². The molecule has 150 valence electrons. The van der Waals surface area contributed by atoms with Crippen molar-refractivity contribution >= 4 is 44.9 Å². The standard InChI is InChI=1S/C22H15ClN2O4S/c1-11-10-30-22(24-11)25-18(12-4-3-5-14(8-12)28-2)17-19(26)15-9-13(23)6-7-16(15)29-20(17)21(25)27/h3-10,18H,1-2H3/t18-/m1/s1. The predicted molar refractivity (Wildman–Crippen MR) is 116 cm³/mol. The van der Waals surface area contributed by atoms with Crippen molar-refractivity contribution in [3.05, 3.63) is 85.7 Å². The maximum absolute atomic E-state index is 13.5. The lowest BCUT2D eigenvalue weighted by Gasteiger charge is -2.22. The molecule has 0 radical (unpaired) electrons. The molecule has 0 saturated heterocycles. The van der Waals surface area contributed by atoms with Gasteiger partial charge in [-0.1, -0.05) is 23.7 Å². The molecule has 1 amide bonds. The summed E-state index contributed by atoms with van der Waals surface area (Å²) >= 11 is 7.45. The molecule has 6 nitrogen and oxygen atoms in total. The number of hydrogen-bond donors (Lipinski definition) is 0. The van der Waals surface area contributed by atoms with Crippen molar-refractivity contribution in [2.75, 3.05) is 12.0 Å². The van der Waals surface area contributed by atoms with Gasteiger partial charge in [0.2, 0.25) is 5.76 Å². The van der Waals surface area contributed by atoms with Crippen molar-refractivity contribution in [2.24, 2.45) is 0 Å². The van der Waals surface area contributed by atoms with Gasteiger partial charge in [-0.3, -0.25) is 14.5 Å². The third kappa shape index (κ3) is 2.81. The lowest BCUT2D eigenvalue weighted by Crippen LogP contribution is -2.29. The normalized spacial score (nSPS) is 15.6. The van der Waals surface area contributed by atoms with Crippen LogP contribution in [0.2, 0.25) is 5.02 Å². The first-order chi connectivity index (χ1) is 14.5. The van der Waals surface area contributed by atoms with Crippen molar-refractivity contribution in [1.82, 2.24) is 4.98 Å². The average molecular weight is 439 g/mol. The third-order valence-corrected chi connectivity index (χ3v) is 6.25. The molecule has 1 aliphatic rings. The Morgan fingerprint density at radius 2 is 2.03 bits per heavy atom. The molecule has 0 bridgehead atoms. The maximum atomic E-state index is 13.5. The van der Waals surface area contributed by atoms with Crippen molar-refractivity contribution in [2.45, 2.75) is 13.0 Å². The van der Waals surface area contributed by atoms with Gasteiger partial charge in [0, 0.05) is 10.4 Å². The molecule has 4 aromatic rings. The van der Waals surface area contributed by atoms with E-state index in [0.29, 0.717) is 26.9 Å². The Hall–Kier alpha value is -3.16. The van der Waals surface area contributed by atoms with E-state index in [1.165, 1.54) is 16.2 Å². The van der Waals surface area contributed by atoms with E-state index in [1.807, 2.05) is 36.6 Å². The van der Waals surface area contributed by atoms with Crippen LogP contribution >= 0.6 is 22.9 Å². The zero-order valence-electron chi connectivity index (χ0n) is 16.0. The second-order valence-electron chi connectivity index (χ2n) is 6.94. The first-order valence-corrected chi connectivity index (χ1v) is 10.4. The van der Waals surface area contributed by atoms with Gasteiger partial charge >= 0.3 is 0 Å². The van der Waals surface area contributed by atoms with Gasteiger partial charge in [-0.25, -0.2) is 4.98 Å². The van der Waals surface area contributed by atoms with E-state index in [9.17, 15) is 9.59 Å². The number of hydrogen-bond acceptors (Lipinski definition) is 6. The monoisotopic (exact) mass is 438 g/mol. The molecule has 3 heterocycles. The minimum Gasteiger partial charge on any atom is -0.497 e. The number of aryl methyl sites for hydroxylation is 1. The Morgan fingerprint density at radius 1 is 1.20 bits per heavy atom. The fraction of sp³-hybridized carbons (Fsp3) is 0.136. The number of methoxy groups -OCH3 is 1. The number of carbonyl (C=O) groups excluding carboxylic acids is 1. The number of amides is 1. The summed E-state index contributed by atoms with van der Waals surface area (Å²) in [5, 5.41) is 3.11. The largest absolute Gasteiger partial charge is 0.497 e. The van der Waals surface area contributed by atoms with Gasteiger partial charge in [0.25, 0.3) is 5.91 Å². The van der Waals surface area contributed by atoms with Crippen LogP contribution in [-0.2, 0) is 0 Å². The number of nitrogens with zero attached hydrogens (tertiary/aromatic N) is 2. The summed E-state index contributed by atoms with van der Waals surface area (Å²) in [4.78, 5) is 32.9. The minimum absolute atomic E-state index is 0.0236. The fourth-order valence-electron chi connectivity index (χ4n) is 3.72. The molecule has 0 aliphatic carbocycles. The molecule has 0 N–H and O–H groups in total. The summed E-state index contributed by atoms with van der Waals surface area (Å²) in [5.74, 6) is 0.244. The van der Waals surface area contributed by atoms with Crippen LogP contribution in [0.1, 0.15) is 33.4 Å². The Labute approximate surface area is 180 Å². The van der Waals surface area contributed by atoms with E-state index in [-0.39, 0.29) is 16.8 Å². The van der Waals surface area contributed by atoms with Gasteiger partial charge in [-0.05, 0) is 42.8 Å². The Kier molecular flexibility index (Phi) is 4.38. The summed E-state index contributed by atoms with van der Waals surface area (Å²) in [5.41, 5.74) is 1.82. The topological polar surface area (TPSA) is 72.6 Å². The van der Waals surface area contributed by atoms with E-state index in [1.54, 1.807) is 25.3 Å². The van der Waals surface area contributed by atoms with Crippen LogP contribution in [-0.4, -0.2) is 18.0 Å². The molecule has 30 heavy (non-hydrogen) atoms. The Bertz CT molecular complexity index is 1380. The highest BCUT2D eigenvalue weighted by atomic mass is 35.5. The number of anilines is 1. The summed E-state index contributed by atoms with van der Waals surface area (Å²) in [6.07, 6.45) is 0. The molecule has 1 atom stereocenters. The van der Waals surface area contributed by atoms with Crippen LogP contribution < -0.4 is 15.1 Å². The second kappa shape index (κ2) is 6.97. The highest BCUT2D eigenvalue weighted by Crippen LogP contribution is 2.42. The first kappa shape index (κ1) is 18.8. The maximum Gasteiger partial charge on any atom is 0.297 e. The van der Waals surface area contributed by atoms with E-state index in [0.717, 1.165) is 11.3 Å². The summed E-state index contributed by atoms with van der Waals surface area (Å²) < 4.78 is 11.3. The molecule has 0 unspecified atom stereocenters. The van der Waals surface area contributed by atoms with Gasteiger partial charge < -0.3 is 9.15 Å². The van der Waals surface area contributed by atoms with Crippen molar-refractivity contribution in [3.63, 3.8) is 0 Å². The molecular weight excluding hydrogens is 424 g/mol. The van der Waals surface area contributed by atoms with E-state index >= 15 is 0 Å². The number of ether oxygens (including phenoxy) is 1. The molecule has 5 rings (SSSR count). The van der Waals surface area contributed by atoms with Crippen molar-refractivity contribution in [3.8, 4) is 5.75 Å². The molecule has 2 aromatic carbocycles. The lowest BCUT2D eigenvalue weighted by molar-refractivity contribution is 0.0971. The van der Waals surface area contributed by atoms with Crippen LogP contribution in [0.3, 0.4) is 0 Å². The first-order valence-electron chi connectivity index (χ1n) is 9.14. The zero-order chi connectivity index (χ0) is 21.0. The van der Waals surface area contributed by atoms with Gasteiger partial charge in [0.1, 0.15) is 11.3 Å². The van der Waals surface area contributed by atoms with Gasteiger partial charge in [-0.2, -0.15) is 0 Å². The molecule has 0 fully saturated rings. The molecule has 8 heteroatoms. The van der Waals surface area contributed by atoms with E-state index in [4.69, 9.17) is 20.8 Å². The number of halogens is 1. The van der Waals surface area contributed by atoms with Gasteiger partial charge in [0.05, 0.1) is 29.8 Å². The van der Waals surface area contributed by atoms with Crippen LogP contribution in [0.15, 0.2) is 57.1 Å². The van der Waals surface area contributed by atoms with Gasteiger partial charge in [0.15, 0.2) is 10.6 Å². The molecular formula is C22H15ClN2O4S. The average Bonchev–Trinajstić information content (AvgIpc) is 3.30. The smallest absolute Gasteiger partial charge is 0.297 e. The second-order valence-corrected chi connectivity index (χ2v) is 8.21. The van der Waals surface area contributed by atoms with Crippen molar-refractivity contribution in [1.29, 1.82) is 0 Å². The number of benzene rings is 2. The number of fused-ring (bicyclic) bond motifs is 2. The SMILES string of the molecule is COc1cccc([C@@H]2c3c(oc4ccc(Cl)cc4c3=O)C(=O)N2c2nc(C)cs2)c1. The van der Waals surface area contributed by atoms with E-state index in [2.05, 4.69) is 4.98 Å². The Morgan fingerprint density at radius 3 is 2.77 bits per heavy atom. The highest BCUT2D eigenvalue weighted by molar-refractivity contribution is 7.14. The summed E-state index contributed by atoms with van der Waals surface area (Å²) in [6, 6.07) is 11.4. The number of aromatic nitrogens is 1. The summed E-state index contributed by atoms with van der Waals surface area (Å²) in [6.45, 7) is 1.86.